The molecule has 2 heterocycles. The second-order valence-corrected chi connectivity index (χ2v) is 3.72. The van der Waals surface area contributed by atoms with Crippen LogP contribution in [0.25, 0.3) is 11.0 Å². The Morgan fingerprint density at radius 1 is 1.45 bits per heavy atom. The van der Waals surface area contributed by atoms with E-state index in [1.165, 1.54) is 0 Å². The Kier molecular flexibility index (Phi) is 5.22. The van der Waals surface area contributed by atoms with E-state index in [1.54, 1.807) is 17.1 Å². The highest BCUT2D eigenvalue weighted by Gasteiger charge is 2.38. The minimum Gasteiger partial charge on any atom is -0.475 e. The fraction of sp³-hybridized carbons (Fsp3) is 0.333. The lowest BCUT2D eigenvalue weighted by molar-refractivity contribution is -0.192. The SMILES string of the molecule is NCCn1ncc2cnc(Cl)nc21.O=C(O)C(F)(F)F. The van der Waals surface area contributed by atoms with E-state index in [4.69, 9.17) is 27.2 Å². The third kappa shape index (κ3) is 4.31. The maximum Gasteiger partial charge on any atom is 0.490 e. The van der Waals surface area contributed by atoms with Crippen molar-refractivity contribution in [3.05, 3.63) is 17.7 Å². The molecule has 0 amide bonds. The van der Waals surface area contributed by atoms with Crippen LogP contribution >= 0.6 is 11.6 Å². The molecule has 0 fully saturated rings. The van der Waals surface area contributed by atoms with Crippen LogP contribution in [-0.4, -0.2) is 43.5 Å². The van der Waals surface area contributed by atoms with Gasteiger partial charge in [-0.1, -0.05) is 0 Å². The summed E-state index contributed by atoms with van der Waals surface area (Å²) in [7, 11) is 0. The minimum atomic E-state index is -5.08. The highest BCUT2D eigenvalue weighted by Crippen LogP contribution is 2.13. The molecule has 0 radical (unpaired) electrons. The van der Waals surface area contributed by atoms with Gasteiger partial charge in [-0.3, -0.25) is 0 Å². The lowest BCUT2D eigenvalue weighted by atomic mass is 10.4. The van der Waals surface area contributed by atoms with E-state index in [0.29, 0.717) is 13.1 Å². The Morgan fingerprint density at radius 3 is 2.55 bits per heavy atom. The predicted molar refractivity (Wildman–Crippen MR) is 63.1 cm³/mol. The highest BCUT2D eigenvalue weighted by molar-refractivity contribution is 6.28. The topological polar surface area (TPSA) is 107 Å². The van der Waals surface area contributed by atoms with Crippen LogP contribution in [0.4, 0.5) is 13.2 Å². The molecule has 7 nitrogen and oxygen atoms in total. The van der Waals surface area contributed by atoms with Crippen molar-refractivity contribution in [3.63, 3.8) is 0 Å². The van der Waals surface area contributed by atoms with Gasteiger partial charge >= 0.3 is 12.1 Å². The van der Waals surface area contributed by atoms with Gasteiger partial charge in [-0.25, -0.2) is 14.5 Å². The van der Waals surface area contributed by atoms with Crippen LogP contribution in [0.15, 0.2) is 12.4 Å². The number of halogens is 4. The van der Waals surface area contributed by atoms with E-state index in [0.717, 1.165) is 11.0 Å². The maximum atomic E-state index is 10.6. The molecule has 110 valence electrons. The third-order valence-electron chi connectivity index (χ3n) is 1.93. The molecule has 0 unspecified atom stereocenters. The molecule has 0 aliphatic rings. The Morgan fingerprint density at radius 2 is 2.05 bits per heavy atom. The van der Waals surface area contributed by atoms with Crippen molar-refractivity contribution in [1.82, 2.24) is 19.7 Å². The van der Waals surface area contributed by atoms with E-state index in [9.17, 15) is 13.2 Å². The Balaban J connectivity index is 0.000000246. The van der Waals surface area contributed by atoms with E-state index in [2.05, 4.69) is 15.1 Å². The molecule has 0 aromatic carbocycles. The van der Waals surface area contributed by atoms with Gasteiger partial charge in [0.15, 0.2) is 5.65 Å². The molecule has 11 heteroatoms. The van der Waals surface area contributed by atoms with Gasteiger partial charge in [-0.05, 0) is 11.6 Å². The van der Waals surface area contributed by atoms with Crippen LogP contribution in [0.5, 0.6) is 0 Å². The third-order valence-corrected chi connectivity index (χ3v) is 2.11. The second kappa shape index (κ2) is 6.48. The van der Waals surface area contributed by atoms with Crippen molar-refractivity contribution < 1.29 is 23.1 Å². The number of carboxylic acids is 1. The number of hydrogen-bond donors (Lipinski definition) is 2. The van der Waals surface area contributed by atoms with Crippen LogP contribution in [-0.2, 0) is 11.3 Å². The average Bonchev–Trinajstić information content (AvgIpc) is 2.72. The van der Waals surface area contributed by atoms with Crippen LogP contribution in [0.1, 0.15) is 0 Å². The smallest absolute Gasteiger partial charge is 0.475 e. The summed E-state index contributed by atoms with van der Waals surface area (Å²) in [4.78, 5) is 16.8. The molecule has 0 aliphatic carbocycles. The van der Waals surface area contributed by atoms with Crippen LogP contribution < -0.4 is 5.73 Å². The second-order valence-electron chi connectivity index (χ2n) is 3.38. The van der Waals surface area contributed by atoms with Crippen LogP contribution in [0, 0.1) is 0 Å². The summed E-state index contributed by atoms with van der Waals surface area (Å²) in [6.45, 7) is 1.16. The van der Waals surface area contributed by atoms with Crippen LogP contribution in [0.2, 0.25) is 5.28 Å². The van der Waals surface area contributed by atoms with Crippen molar-refractivity contribution in [3.8, 4) is 0 Å². The molecule has 0 saturated carbocycles. The largest absolute Gasteiger partial charge is 0.490 e. The molecule has 0 spiro atoms. The van der Waals surface area contributed by atoms with Crippen molar-refractivity contribution in [1.29, 1.82) is 0 Å². The number of nitrogens with zero attached hydrogens (tertiary/aromatic N) is 4. The lowest BCUT2D eigenvalue weighted by Gasteiger charge is -1.98. The molecule has 2 aromatic rings. The first-order valence-electron chi connectivity index (χ1n) is 5.10. The standard InChI is InChI=1S/C7H8ClN5.C2HF3O2/c8-7-10-3-5-4-11-13(2-1-9)6(5)12-7;3-2(4,5)1(6)7/h3-4H,1-2,9H2;(H,6,7). The summed E-state index contributed by atoms with van der Waals surface area (Å²) in [6, 6.07) is 0. The molecule has 3 N–H and O–H groups in total. The quantitative estimate of drug-likeness (QED) is 0.803. The Hall–Kier alpha value is -1.94. The fourth-order valence-corrected chi connectivity index (χ4v) is 1.26. The van der Waals surface area contributed by atoms with Gasteiger partial charge in [0, 0.05) is 12.7 Å². The molecular weight excluding hydrogens is 303 g/mol. The molecule has 0 bridgehead atoms. The van der Waals surface area contributed by atoms with Gasteiger partial charge < -0.3 is 10.8 Å². The molecule has 2 aromatic heterocycles. The monoisotopic (exact) mass is 311 g/mol. The van der Waals surface area contributed by atoms with Gasteiger partial charge in [-0.15, -0.1) is 0 Å². The first-order chi connectivity index (χ1) is 9.25. The predicted octanol–water partition coefficient (Wildman–Crippen LogP) is 1.07. The molecule has 2 rings (SSSR count). The Labute approximate surface area is 115 Å². The van der Waals surface area contributed by atoms with Gasteiger partial charge in [0.1, 0.15) is 0 Å². The highest BCUT2D eigenvalue weighted by atomic mass is 35.5. The number of alkyl halides is 3. The fourth-order valence-electron chi connectivity index (χ4n) is 1.13. The summed E-state index contributed by atoms with van der Waals surface area (Å²) >= 11 is 5.65. The summed E-state index contributed by atoms with van der Waals surface area (Å²) < 4.78 is 33.4. The molecular formula is C9H9ClF3N5O2. The number of aromatic nitrogens is 4. The first kappa shape index (κ1) is 16.1. The normalized spacial score (nSPS) is 11.1. The summed E-state index contributed by atoms with van der Waals surface area (Å²) in [5.74, 6) is -2.76. The number of carboxylic acid groups (broad SMARTS) is 1. The number of rotatable bonds is 2. The zero-order chi connectivity index (χ0) is 15.3. The lowest BCUT2D eigenvalue weighted by Crippen LogP contribution is -2.21. The van der Waals surface area contributed by atoms with Gasteiger partial charge in [0.2, 0.25) is 5.28 Å². The van der Waals surface area contributed by atoms with Crippen molar-refractivity contribution >= 4 is 28.6 Å². The number of nitrogens with two attached hydrogens (primary N) is 1. The zero-order valence-corrected chi connectivity index (χ0v) is 10.6. The van der Waals surface area contributed by atoms with Gasteiger partial charge in [0.25, 0.3) is 0 Å². The summed E-state index contributed by atoms with van der Waals surface area (Å²) in [5, 5.41) is 12.3. The number of carbonyl (C=O) groups is 1. The van der Waals surface area contributed by atoms with E-state index in [1.807, 2.05) is 0 Å². The molecule has 0 aliphatic heterocycles. The molecule has 0 saturated heterocycles. The minimum absolute atomic E-state index is 0.228. The van der Waals surface area contributed by atoms with Crippen molar-refractivity contribution in [2.75, 3.05) is 6.54 Å². The zero-order valence-electron chi connectivity index (χ0n) is 9.80. The van der Waals surface area contributed by atoms with Crippen LogP contribution in [0.3, 0.4) is 0 Å². The summed E-state index contributed by atoms with van der Waals surface area (Å²) in [6.07, 6.45) is -1.74. The Bertz CT molecular complexity index is 601. The van der Waals surface area contributed by atoms with Gasteiger partial charge in [-0.2, -0.15) is 23.3 Å². The maximum absolute atomic E-state index is 10.6. The molecule has 0 atom stereocenters. The van der Waals surface area contributed by atoms with Gasteiger partial charge in [0.05, 0.1) is 18.1 Å². The van der Waals surface area contributed by atoms with E-state index in [-0.39, 0.29) is 5.28 Å². The van der Waals surface area contributed by atoms with Crippen molar-refractivity contribution in [2.24, 2.45) is 5.73 Å². The van der Waals surface area contributed by atoms with E-state index < -0.39 is 12.1 Å². The van der Waals surface area contributed by atoms with E-state index >= 15 is 0 Å². The molecule has 20 heavy (non-hydrogen) atoms. The summed E-state index contributed by atoms with van der Waals surface area (Å²) in [5.41, 5.74) is 6.14. The first-order valence-corrected chi connectivity index (χ1v) is 5.47. The van der Waals surface area contributed by atoms with Crippen molar-refractivity contribution in [2.45, 2.75) is 12.7 Å². The average molecular weight is 312 g/mol. The number of aliphatic carboxylic acids is 1. The number of hydrogen-bond acceptors (Lipinski definition) is 5. The number of fused-ring (bicyclic) bond motifs is 1.